The van der Waals surface area contributed by atoms with Crippen LogP contribution < -0.4 is 10.6 Å². The van der Waals surface area contributed by atoms with Crippen LogP contribution in [0.25, 0.3) is 0 Å². The lowest BCUT2D eigenvalue weighted by molar-refractivity contribution is -0.115. The van der Waals surface area contributed by atoms with Gasteiger partial charge in [0, 0.05) is 11.1 Å². The molecule has 1 fully saturated rings. The average molecular weight is 389 g/mol. The number of benzene rings is 1. The maximum absolute atomic E-state index is 12.3. The maximum Gasteiger partial charge on any atom is 0.237 e. The van der Waals surface area contributed by atoms with Crippen molar-refractivity contribution >= 4 is 63.0 Å². The molecule has 0 unspecified atom stereocenters. The summed E-state index contributed by atoms with van der Waals surface area (Å²) in [6.45, 7) is 1.81. The van der Waals surface area contributed by atoms with E-state index in [9.17, 15) is 4.79 Å². The minimum Gasteiger partial charge on any atom is -0.357 e. The zero-order valence-electron chi connectivity index (χ0n) is 12.2. The van der Waals surface area contributed by atoms with Crippen molar-refractivity contribution in [3.63, 3.8) is 0 Å². The quantitative estimate of drug-likeness (QED) is 0.710. The molecule has 0 saturated heterocycles. The van der Waals surface area contributed by atoms with Crippen LogP contribution in [0.1, 0.15) is 19.8 Å². The molecule has 1 aromatic carbocycles. The van der Waals surface area contributed by atoms with Gasteiger partial charge in [0.2, 0.25) is 11.0 Å². The van der Waals surface area contributed by atoms with E-state index in [4.69, 9.17) is 23.2 Å². The molecule has 0 radical (unpaired) electrons. The van der Waals surface area contributed by atoms with Crippen molar-refractivity contribution in [3.05, 3.63) is 28.2 Å². The Bertz CT molecular complexity index is 721. The molecule has 1 amide bonds. The van der Waals surface area contributed by atoms with Gasteiger partial charge in [-0.25, -0.2) is 0 Å². The molecule has 2 aromatic rings. The highest BCUT2D eigenvalue weighted by atomic mass is 35.5. The van der Waals surface area contributed by atoms with Gasteiger partial charge < -0.3 is 10.6 Å². The van der Waals surface area contributed by atoms with Gasteiger partial charge in [0.1, 0.15) is 0 Å². The molecule has 3 rings (SSSR count). The Morgan fingerprint density at radius 1 is 1.39 bits per heavy atom. The first-order valence-corrected chi connectivity index (χ1v) is 9.49. The summed E-state index contributed by atoms with van der Waals surface area (Å²) >= 11 is 14.8. The van der Waals surface area contributed by atoms with Gasteiger partial charge in [-0.05, 0) is 38.0 Å². The van der Waals surface area contributed by atoms with Crippen LogP contribution in [0.3, 0.4) is 0 Å². The Morgan fingerprint density at radius 2 is 2.17 bits per heavy atom. The molecule has 2 N–H and O–H groups in total. The molecule has 5 nitrogen and oxygen atoms in total. The summed E-state index contributed by atoms with van der Waals surface area (Å²) in [5, 5.41) is 15.7. The second-order valence-electron chi connectivity index (χ2n) is 5.17. The van der Waals surface area contributed by atoms with Gasteiger partial charge in [0.15, 0.2) is 4.34 Å². The van der Waals surface area contributed by atoms with Gasteiger partial charge in [-0.15, -0.1) is 10.2 Å². The maximum atomic E-state index is 12.3. The molecule has 1 aromatic heterocycles. The second kappa shape index (κ2) is 7.25. The Labute approximate surface area is 152 Å². The van der Waals surface area contributed by atoms with E-state index < -0.39 is 0 Å². The van der Waals surface area contributed by atoms with E-state index in [1.54, 1.807) is 18.2 Å². The number of rotatable bonds is 6. The van der Waals surface area contributed by atoms with Crippen LogP contribution in [0.4, 0.5) is 10.8 Å². The van der Waals surface area contributed by atoms with Gasteiger partial charge in [-0.1, -0.05) is 46.3 Å². The van der Waals surface area contributed by atoms with Gasteiger partial charge in [0.05, 0.1) is 16.0 Å². The largest absolute Gasteiger partial charge is 0.357 e. The van der Waals surface area contributed by atoms with Crippen LogP contribution in [-0.4, -0.2) is 27.4 Å². The fourth-order valence-electron chi connectivity index (χ4n) is 1.75. The van der Waals surface area contributed by atoms with Crippen LogP contribution in [0.5, 0.6) is 0 Å². The van der Waals surface area contributed by atoms with Crippen LogP contribution >= 0.6 is 46.3 Å². The molecule has 0 spiro atoms. The molecule has 1 atom stereocenters. The van der Waals surface area contributed by atoms with E-state index in [2.05, 4.69) is 20.8 Å². The predicted molar refractivity (Wildman–Crippen MR) is 97.0 cm³/mol. The van der Waals surface area contributed by atoms with Gasteiger partial charge in [-0.2, -0.15) is 0 Å². The fraction of sp³-hybridized carbons (Fsp3) is 0.357. The van der Waals surface area contributed by atoms with E-state index in [0.29, 0.717) is 21.8 Å². The first-order chi connectivity index (χ1) is 11.0. The van der Waals surface area contributed by atoms with Crippen LogP contribution in [0, 0.1) is 0 Å². The van der Waals surface area contributed by atoms with Crippen LogP contribution in [0.15, 0.2) is 22.5 Å². The summed E-state index contributed by atoms with van der Waals surface area (Å²) in [6, 6.07) is 5.49. The molecule has 0 bridgehead atoms. The Kier molecular flexibility index (Phi) is 5.31. The number of halogens is 2. The summed E-state index contributed by atoms with van der Waals surface area (Å²) in [5.41, 5.74) is 0.505. The number of hydrogen-bond acceptors (Lipinski definition) is 6. The van der Waals surface area contributed by atoms with Crippen molar-refractivity contribution in [1.82, 2.24) is 10.2 Å². The highest BCUT2D eigenvalue weighted by molar-refractivity contribution is 8.02. The number of amides is 1. The Balaban J connectivity index is 1.58. The predicted octanol–water partition coefficient (Wildman–Crippen LogP) is 4.54. The summed E-state index contributed by atoms with van der Waals surface area (Å²) in [7, 11) is 0. The van der Waals surface area contributed by atoms with Crippen molar-refractivity contribution in [2.24, 2.45) is 0 Å². The number of anilines is 2. The molecule has 23 heavy (non-hydrogen) atoms. The van der Waals surface area contributed by atoms with Crippen molar-refractivity contribution in [2.75, 3.05) is 10.6 Å². The summed E-state index contributed by atoms with van der Waals surface area (Å²) < 4.78 is 0.757. The van der Waals surface area contributed by atoms with E-state index in [0.717, 1.165) is 9.47 Å². The minimum absolute atomic E-state index is 0.161. The number of aromatic nitrogens is 2. The number of thioether (sulfide) groups is 1. The number of nitrogens with zero attached hydrogens (tertiary/aromatic N) is 2. The Morgan fingerprint density at radius 3 is 2.91 bits per heavy atom. The molecular weight excluding hydrogens is 375 g/mol. The number of carbonyl (C=O) groups is 1. The molecular formula is C14H14Cl2N4OS2. The third-order valence-electron chi connectivity index (χ3n) is 3.14. The normalized spacial score (nSPS) is 15.3. The lowest BCUT2D eigenvalue weighted by Crippen LogP contribution is -2.22. The first-order valence-electron chi connectivity index (χ1n) is 7.04. The standard InChI is InChI=1S/C14H14Cl2N4OS2/c1-7(12(21)18-11-6-8(15)2-5-10(11)16)22-14-20-19-13(23-14)17-9-3-4-9/h2,5-7,9H,3-4H2,1H3,(H,17,19)(H,18,21)/t7-/m1/s1. The van der Waals surface area contributed by atoms with Crippen molar-refractivity contribution in [2.45, 2.75) is 35.4 Å². The van der Waals surface area contributed by atoms with Crippen molar-refractivity contribution in [3.8, 4) is 0 Å². The third-order valence-corrected chi connectivity index (χ3v) is 5.75. The van der Waals surface area contributed by atoms with E-state index in [-0.39, 0.29) is 11.2 Å². The lowest BCUT2D eigenvalue weighted by atomic mass is 10.3. The number of nitrogens with one attached hydrogen (secondary N) is 2. The zero-order valence-corrected chi connectivity index (χ0v) is 15.3. The fourth-order valence-corrected chi connectivity index (χ4v) is 4.06. The van der Waals surface area contributed by atoms with E-state index in [1.165, 1.54) is 35.9 Å². The van der Waals surface area contributed by atoms with E-state index in [1.807, 2.05) is 6.92 Å². The topological polar surface area (TPSA) is 66.9 Å². The van der Waals surface area contributed by atoms with Crippen LogP contribution in [-0.2, 0) is 4.79 Å². The zero-order chi connectivity index (χ0) is 16.4. The third kappa shape index (κ3) is 4.73. The average Bonchev–Trinajstić information content (AvgIpc) is 3.21. The van der Waals surface area contributed by atoms with Crippen LogP contribution in [0.2, 0.25) is 10.0 Å². The van der Waals surface area contributed by atoms with Crippen molar-refractivity contribution < 1.29 is 4.79 Å². The SMILES string of the molecule is C[C@@H](Sc1nnc(NC2CC2)s1)C(=O)Nc1cc(Cl)ccc1Cl. The molecule has 1 saturated carbocycles. The number of hydrogen-bond donors (Lipinski definition) is 2. The summed E-state index contributed by atoms with van der Waals surface area (Å²) in [4.78, 5) is 12.3. The summed E-state index contributed by atoms with van der Waals surface area (Å²) in [5.74, 6) is -0.161. The molecule has 1 heterocycles. The monoisotopic (exact) mass is 388 g/mol. The molecule has 1 aliphatic rings. The highest BCUT2D eigenvalue weighted by Crippen LogP contribution is 2.33. The van der Waals surface area contributed by atoms with Gasteiger partial charge in [-0.3, -0.25) is 4.79 Å². The second-order valence-corrected chi connectivity index (χ2v) is 8.57. The molecule has 0 aliphatic heterocycles. The van der Waals surface area contributed by atoms with Gasteiger partial charge in [0.25, 0.3) is 0 Å². The molecule has 9 heteroatoms. The molecule has 1 aliphatic carbocycles. The summed E-state index contributed by atoms with van der Waals surface area (Å²) in [6.07, 6.45) is 2.36. The highest BCUT2D eigenvalue weighted by Gasteiger charge is 2.23. The minimum atomic E-state index is -0.327. The number of carbonyl (C=O) groups excluding carboxylic acids is 1. The lowest BCUT2D eigenvalue weighted by Gasteiger charge is -2.11. The smallest absolute Gasteiger partial charge is 0.237 e. The molecule has 122 valence electrons. The van der Waals surface area contributed by atoms with Gasteiger partial charge >= 0.3 is 0 Å². The Hall–Kier alpha value is -1.02. The van der Waals surface area contributed by atoms with Crippen molar-refractivity contribution in [1.29, 1.82) is 0 Å². The van der Waals surface area contributed by atoms with E-state index >= 15 is 0 Å². The first kappa shape index (κ1) is 16.8.